The van der Waals surface area contributed by atoms with Crippen LogP contribution in [-0.2, 0) is 4.74 Å². The van der Waals surface area contributed by atoms with E-state index in [0.29, 0.717) is 0 Å². The van der Waals surface area contributed by atoms with Crippen molar-refractivity contribution in [2.24, 2.45) is 23.7 Å². The summed E-state index contributed by atoms with van der Waals surface area (Å²) >= 11 is 0. The standard InChI is InChI=1S/C27H50O/c1-3-5-7-10-23-11-13-24(14-12-23)15-16-25-17-19-26(20-18-25)27(28-4-2)21-8-6-9-22-27/h23-26H,3-22H2,1-2H3/t23-,24-,25-,26-. The van der Waals surface area contributed by atoms with Gasteiger partial charge in [0.15, 0.2) is 0 Å². The highest BCUT2D eigenvalue weighted by Gasteiger charge is 2.41. The van der Waals surface area contributed by atoms with Gasteiger partial charge in [-0.05, 0) is 56.3 Å². The quantitative estimate of drug-likeness (QED) is 0.339. The Morgan fingerprint density at radius 2 is 1.18 bits per heavy atom. The van der Waals surface area contributed by atoms with Crippen molar-refractivity contribution in [3.05, 3.63) is 0 Å². The summed E-state index contributed by atoms with van der Waals surface area (Å²) in [5.41, 5.74) is 0.272. The largest absolute Gasteiger partial charge is 0.375 e. The van der Waals surface area contributed by atoms with E-state index in [2.05, 4.69) is 13.8 Å². The molecule has 0 unspecified atom stereocenters. The first-order valence-corrected chi connectivity index (χ1v) is 13.4. The van der Waals surface area contributed by atoms with Crippen LogP contribution in [0.3, 0.4) is 0 Å². The fraction of sp³-hybridized carbons (Fsp3) is 1.00. The minimum Gasteiger partial charge on any atom is -0.375 e. The molecule has 0 atom stereocenters. The van der Waals surface area contributed by atoms with Crippen molar-refractivity contribution in [3.63, 3.8) is 0 Å². The van der Waals surface area contributed by atoms with Gasteiger partial charge in [-0.25, -0.2) is 0 Å². The summed E-state index contributed by atoms with van der Waals surface area (Å²) in [7, 11) is 0. The first-order chi connectivity index (χ1) is 13.8. The van der Waals surface area contributed by atoms with Gasteiger partial charge in [0.1, 0.15) is 0 Å². The second-order valence-electron chi connectivity index (χ2n) is 10.7. The van der Waals surface area contributed by atoms with Gasteiger partial charge in [-0.15, -0.1) is 0 Å². The number of hydrogen-bond donors (Lipinski definition) is 0. The predicted molar refractivity (Wildman–Crippen MR) is 122 cm³/mol. The van der Waals surface area contributed by atoms with Crippen LogP contribution in [0.5, 0.6) is 0 Å². The van der Waals surface area contributed by atoms with Crippen LogP contribution in [0.25, 0.3) is 0 Å². The molecule has 0 N–H and O–H groups in total. The summed E-state index contributed by atoms with van der Waals surface area (Å²) < 4.78 is 6.45. The maximum atomic E-state index is 6.45. The Morgan fingerprint density at radius 3 is 1.71 bits per heavy atom. The molecule has 3 rings (SSSR count). The molecule has 3 fully saturated rings. The molecular formula is C27H50O. The van der Waals surface area contributed by atoms with Crippen LogP contribution in [0, 0.1) is 23.7 Å². The molecule has 0 heterocycles. The molecule has 3 aliphatic rings. The SMILES string of the molecule is CCCCC[C@H]1CC[C@H](CC[C@H]2CC[C@H](C3(OCC)CCCCC3)CC2)CC1. The van der Waals surface area contributed by atoms with Crippen LogP contribution in [-0.4, -0.2) is 12.2 Å². The minimum atomic E-state index is 0.272. The van der Waals surface area contributed by atoms with Crippen molar-refractivity contribution in [2.45, 2.75) is 141 Å². The lowest BCUT2D eigenvalue weighted by atomic mass is 9.67. The number of hydrogen-bond acceptors (Lipinski definition) is 1. The summed E-state index contributed by atoms with van der Waals surface area (Å²) in [5.74, 6) is 4.03. The predicted octanol–water partition coefficient (Wildman–Crippen LogP) is 8.70. The Morgan fingerprint density at radius 1 is 0.643 bits per heavy atom. The summed E-state index contributed by atoms with van der Waals surface area (Å²) in [4.78, 5) is 0. The van der Waals surface area contributed by atoms with E-state index in [9.17, 15) is 0 Å². The maximum Gasteiger partial charge on any atom is 0.0710 e. The maximum absolute atomic E-state index is 6.45. The second-order valence-corrected chi connectivity index (χ2v) is 10.7. The lowest BCUT2D eigenvalue weighted by molar-refractivity contribution is -0.117. The summed E-state index contributed by atoms with van der Waals surface area (Å²) in [6.45, 7) is 5.46. The van der Waals surface area contributed by atoms with Crippen molar-refractivity contribution >= 4 is 0 Å². The summed E-state index contributed by atoms with van der Waals surface area (Å²) in [5, 5.41) is 0. The van der Waals surface area contributed by atoms with Crippen molar-refractivity contribution in [1.82, 2.24) is 0 Å². The normalized spacial score (nSPS) is 33.6. The average Bonchev–Trinajstić information content (AvgIpc) is 2.75. The highest BCUT2D eigenvalue weighted by atomic mass is 16.5. The smallest absolute Gasteiger partial charge is 0.0710 e. The molecule has 0 aromatic rings. The lowest BCUT2D eigenvalue weighted by Crippen LogP contribution is -2.44. The van der Waals surface area contributed by atoms with Crippen LogP contribution in [0.2, 0.25) is 0 Å². The highest BCUT2D eigenvalue weighted by Crippen LogP contribution is 2.46. The molecule has 28 heavy (non-hydrogen) atoms. The van der Waals surface area contributed by atoms with Crippen LogP contribution in [0.4, 0.5) is 0 Å². The third-order valence-electron chi connectivity index (χ3n) is 8.89. The van der Waals surface area contributed by atoms with Gasteiger partial charge in [-0.2, -0.15) is 0 Å². The van der Waals surface area contributed by atoms with Crippen LogP contribution >= 0.6 is 0 Å². The molecule has 3 aliphatic carbocycles. The van der Waals surface area contributed by atoms with Gasteiger partial charge in [-0.3, -0.25) is 0 Å². The number of rotatable bonds is 10. The molecule has 0 aromatic heterocycles. The van der Waals surface area contributed by atoms with Gasteiger partial charge in [-0.1, -0.05) is 103 Å². The third-order valence-corrected chi connectivity index (χ3v) is 8.89. The Hall–Kier alpha value is -0.0400. The zero-order valence-corrected chi connectivity index (χ0v) is 19.4. The molecule has 1 heteroatoms. The number of unbranched alkanes of at least 4 members (excludes halogenated alkanes) is 2. The van der Waals surface area contributed by atoms with Gasteiger partial charge in [0.05, 0.1) is 5.60 Å². The second kappa shape index (κ2) is 12.0. The first-order valence-electron chi connectivity index (χ1n) is 13.4. The third kappa shape index (κ3) is 6.48. The van der Waals surface area contributed by atoms with Crippen molar-refractivity contribution in [2.75, 3.05) is 6.61 Å². The zero-order valence-electron chi connectivity index (χ0n) is 19.4. The van der Waals surface area contributed by atoms with Crippen LogP contribution < -0.4 is 0 Å². The minimum absolute atomic E-state index is 0.272. The molecular weight excluding hydrogens is 340 g/mol. The fourth-order valence-electron chi connectivity index (χ4n) is 7.05. The van der Waals surface area contributed by atoms with E-state index in [0.717, 1.165) is 30.3 Å². The monoisotopic (exact) mass is 390 g/mol. The van der Waals surface area contributed by atoms with E-state index in [1.165, 1.54) is 109 Å². The topological polar surface area (TPSA) is 9.23 Å². The van der Waals surface area contributed by atoms with E-state index in [-0.39, 0.29) is 5.60 Å². The molecule has 0 bridgehead atoms. The zero-order chi connectivity index (χ0) is 19.7. The molecule has 0 amide bonds. The molecule has 0 spiro atoms. The molecule has 0 saturated heterocycles. The Bertz CT molecular complexity index is 389. The van der Waals surface area contributed by atoms with E-state index in [1.54, 1.807) is 12.8 Å². The van der Waals surface area contributed by atoms with Gasteiger partial charge in [0, 0.05) is 6.61 Å². The van der Waals surface area contributed by atoms with Gasteiger partial charge < -0.3 is 4.74 Å². The van der Waals surface area contributed by atoms with E-state index in [1.807, 2.05) is 0 Å². The summed E-state index contributed by atoms with van der Waals surface area (Å²) in [6.07, 6.45) is 27.9. The van der Waals surface area contributed by atoms with Crippen LogP contribution in [0.15, 0.2) is 0 Å². The van der Waals surface area contributed by atoms with Crippen molar-refractivity contribution < 1.29 is 4.74 Å². The molecule has 0 radical (unpaired) electrons. The van der Waals surface area contributed by atoms with E-state index < -0.39 is 0 Å². The Kier molecular flexibility index (Phi) is 9.68. The molecule has 0 aliphatic heterocycles. The van der Waals surface area contributed by atoms with Crippen molar-refractivity contribution in [3.8, 4) is 0 Å². The molecule has 0 aromatic carbocycles. The average molecular weight is 391 g/mol. The number of ether oxygens (including phenoxy) is 1. The Balaban J connectivity index is 1.33. The van der Waals surface area contributed by atoms with Gasteiger partial charge in [0.2, 0.25) is 0 Å². The molecule has 164 valence electrons. The van der Waals surface area contributed by atoms with E-state index in [4.69, 9.17) is 4.74 Å². The molecule has 1 nitrogen and oxygen atoms in total. The summed E-state index contributed by atoms with van der Waals surface area (Å²) in [6, 6.07) is 0. The fourth-order valence-corrected chi connectivity index (χ4v) is 7.05. The highest BCUT2D eigenvalue weighted by molar-refractivity contribution is 4.93. The van der Waals surface area contributed by atoms with Crippen molar-refractivity contribution in [1.29, 1.82) is 0 Å². The first kappa shape index (κ1) is 22.6. The lowest BCUT2D eigenvalue weighted by Gasteiger charge is -2.46. The Labute approximate surface area is 176 Å². The van der Waals surface area contributed by atoms with E-state index >= 15 is 0 Å². The van der Waals surface area contributed by atoms with Gasteiger partial charge in [0.25, 0.3) is 0 Å². The molecule has 3 saturated carbocycles. The van der Waals surface area contributed by atoms with Gasteiger partial charge >= 0.3 is 0 Å². The van der Waals surface area contributed by atoms with Crippen LogP contribution in [0.1, 0.15) is 136 Å².